The van der Waals surface area contributed by atoms with Crippen LogP contribution in [0.1, 0.15) is 24.6 Å². The third-order valence-corrected chi connectivity index (χ3v) is 4.78. The quantitative estimate of drug-likeness (QED) is 0.288. The van der Waals surface area contributed by atoms with Gasteiger partial charge in [-0.05, 0) is 41.6 Å². The summed E-state index contributed by atoms with van der Waals surface area (Å²) >= 11 is 0. The van der Waals surface area contributed by atoms with Gasteiger partial charge < -0.3 is 9.47 Å². The summed E-state index contributed by atoms with van der Waals surface area (Å²) in [5.74, 6) is 1.07. The molecule has 0 unspecified atom stereocenters. The summed E-state index contributed by atoms with van der Waals surface area (Å²) in [6.07, 6.45) is -2.22. The fourth-order valence-corrected chi connectivity index (χ4v) is 3.33. The molecule has 0 bridgehead atoms. The Morgan fingerprint density at radius 2 is 1.67 bits per heavy atom. The number of benzene rings is 2. The maximum atomic E-state index is 13.5. The lowest BCUT2D eigenvalue weighted by Crippen LogP contribution is -2.33. The van der Waals surface area contributed by atoms with E-state index in [1.807, 2.05) is 43.3 Å². The molecule has 0 atom stereocenters. The molecule has 0 aliphatic rings. The number of alkyl halides is 3. The lowest BCUT2D eigenvalue weighted by molar-refractivity contribution is -0.541. The van der Waals surface area contributed by atoms with E-state index in [1.54, 1.807) is 18.2 Å². The van der Waals surface area contributed by atoms with Crippen LogP contribution in [0.15, 0.2) is 72.9 Å². The Morgan fingerprint density at radius 3 is 2.40 bits per heavy atom. The molecule has 3 nitrogen and oxygen atoms in total. The van der Waals surface area contributed by atoms with Crippen molar-refractivity contribution in [2.45, 2.75) is 26.1 Å². The zero-order chi connectivity index (χ0) is 21.1. The van der Waals surface area contributed by atoms with E-state index in [-0.39, 0.29) is 0 Å². The van der Waals surface area contributed by atoms with Crippen molar-refractivity contribution in [1.82, 2.24) is 0 Å². The summed E-state index contributed by atoms with van der Waals surface area (Å²) in [7, 11) is 0. The van der Waals surface area contributed by atoms with Gasteiger partial charge >= 0.3 is 6.18 Å². The SMILES string of the molecule is CCCOc1ccc(C(F)(F)F)[n+]2cc3ccc(OCc4ccccc4)cc3cc12. The van der Waals surface area contributed by atoms with Gasteiger partial charge in [0.25, 0.3) is 11.2 Å². The molecule has 2 heterocycles. The molecule has 154 valence electrons. The molecule has 2 aromatic carbocycles. The van der Waals surface area contributed by atoms with Crippen molar-refractivity contribution in [2.75, 3.05) is 6.61 Å². The highest BCUT2D eigenvalue weighted by Gasteiger charge is 2.41. The summed E-state index contributed by atoms with van der Waals surface area (Å²) in [6, 6.07) is 19.3. The summed E-state index contributed by atoms with van der Waals surface area (Å²) in [4.78, 5) is 0. The largest absolute Gasteiger partial charge is 0.489 e. The summed E-state index contributed by atoms with van der Waals surface area (Å²) in [5, 5.41) is 1.46. The molecular formula is C24H21F3NO2+. The molecule has 2 aromatic heterocycles. The first-order chi connectivity index (χ1) is 14.5. The van der Waals surface area contributed by atoms with Gasteiger partial charge in [0.1, 0.15) is 12.4 Å². The molecule has 0 fully saturated rings. The number of nitrogens with zero attached hydrogens (tertiary/aromatic N) is 1. The highest BCUT2D eigenvalue weighted by Crippen LogP contribution is 2.31. The van der Waals surface area contributed by atoms with Crippen LogP contribution in [0.2, 0.25) is 0 Å². The normalized spacial score (nSPS) is 11.7. The van der Waals surface area contributed by atoms with Gasteiger partial charge in [-0.1, -0.05) is 37.3 Å². The number of hydrogen-bond donors (Lipinski definition) is 0. The molecule has 4 rings (SSSR count). The zero-order valence-corrected chi connectivity index (χ0v) is 16.4. The van der Waals surface area contributed by atoms with Gasteiger partial charge in [-0.25, -0.2) is 0 Å². The van der Waals surface area contributed by atoms with Gasteiger partial charge in [0, 0.05) is 17.5 Å². The van der Waals surface area contributed by atoms with Gasteiger partial charge in [0.05, 0.1) is 6.61 Å². The van der Waals surface area contributed by atoms with E-state index in [0.29, 0.717) is 35.6 Å². The van der Waals surface area contributed by atoms with E-state index in [0.717, 1.165) is 27.8 Å². The summed E-state index contributed by atoms with van der Waals surface area (Å²) in [5.41, 5.74) is 0.662. The van der Waals surface area contributed by atoms with Crippen molar-refractivity contribution in [1.29, 1.82) is 0 Å². The van der Waals surface area contributed by atoms with Gasteiger partial charge in [0.15, 0.2) is 11.9 Å². The average molecular weight is 412 g/mol. The second-order valence-corrected chi connectivity index (χ2v) is 7.02. The van der Waals surface area contributed by atoms with Crippen LogP contribution < -0.4 is 13.9 Å². The molecule has 0 saturated heterocycles. The second kappa shape index (κ2) is 8.22. The number of pyridine rings is 2. The number of fused-ring (bicyclic) bond motifs is 2. The molecule has 0 spiro atoms. The Kier molecular flexibility index (Phi) is 5.48. The van der Waals surface area contributed by atoms with Gasteiger partial charge in [0.2, 0.25) is 0 Å². The third kappa shape index (κ3) is 4.17. The third-order valence-electron chi connectivity index (χ3n) is 4.78. The van der Waals surface area contributed by atoms with Crippen molar-refractivity contribution in [3.63, 3.8) is 0 Å². The highest BCUT2D eigenvalue weighted by molar-refractivity contribution is 5.86. The number of aromatic nitrogens is 1. The van der Waals surface area contributed by atoms with Crippen LogP contribution in [-0.2, 0) is 12.8 Å². The Hall–Kier alpha value is -3.28. The van der Waals surface area contributed by atoms with Crippen molar-refractivity contribution < 1.29 is 27.0 Å². The van der Waals surface area contributed by atoms with Crippen molar-refractivity contribution in [3.8, 4) is 11.5 Å². The Balaban J connectivity index is 1.77. The zero-order valence-electron chi connectivity index (χ0n) is 16.4. The van der Waals surface area contributed by atoms with Crippen LogP contribution in [-0.4, -0.2) is 6.61 Å². The van der Waals surface area contributed by atoms with Crippen LogP contribution in [0, 0.1) is 0 Å². The smallest absolute Gasteiger partial charge is 0.477 e. The number of halogens is 3. The molecule has 0 aliphatic heterocycles. The molecule has 0 saturated carbocycles. The lowest BCUT2D eigenvalue weighted by atomic mass is 10.1. The maximum absolute atomic E-state index is 13.5. The van der Waals surface area contributed by atoms with Crippen molar-refractivity contribution in [2.24, 2.45) is 0 Å². The van der Waals surface area contributed by atoms with Gasteiger partial charge in [-0.3, -0.25) is 0 Å². The first-order valence-electron chi connectivity index (χ1n) is 9.74. The fourth-order valence-electron chi connectivity index (χ4n) is 3.33. The monoisotopic (exact) mass is 412 g/mol. The van der Waals surface area contributed by atoms with E-state index in [2.05, 4.69) is 0 Å². The van der Waals surface area contributed by atoms with E-state index >= 15 is 0 Å². The van der Waals surface area contributed by atoms with Crippen LogP contribution in [0.4, 0.5) is 13.2 Å². The average Bonchev–Trinajstić information content (AvgIpc) is 2.74. The van der Waals surface area contributed by atoms with E-state index in [1.165, 1.54) is 12.3 Å². The Bertz CT molecular complexity index is 1170. The van der Waals surface area contributed by atoms with E-state index in [9.17, 15) is 13.2 Å². The Morgan fingerprint density at radius 1 is 0.867 bits per heavy atom. The molecule has 6 heteroatoms. The van der Waals surface area contributed by atoms with Gasteiger partial charge in [-0.15, -0.1) is 0 Å². The van der Waals surface area contributed by atoms with Crippen molar-refractivity contribution >= 4 is 16.3 Å². The van der Waals surface area contributed by atoms with Crippen molar-refractivity contribution in [3.05, 3.63) is 84.2 Å². The predicted octanol–water partition coefficient (Wildman–Crippen LogP) is 5.97. The first-order valence-corrected chi connectivity index (χ1v) is 9.74. The lowest BCUT2D eigenvalue weighted by Gasteiger charge is -2.10. The van der Waals surface area contributed by atoms with Gasteiger partial charge in [-0.2, -0.15) is 17.6 Å². The summed E-state index contributed by atoms with van der Waals surface area (Å²) in [6.45, 7) is 2.79. The summed E-state index contributed by atoms with van der Waals surface area (Å²) < 4.78 is 53.4. The molecule has 0 amide bonds. The first kappa shape index (κ1) is 20.0. The standard InChI is InChI=1S/C24H21F3NO2/c1-2-12-29-22-10-11-23(24(25,26)27)28-15-18-8-9-20(13-19(18)14-21(22)28)30-16-17-6-4-3-5-7-17/h3-11,13-15H,2,12,16H2,1H3/q+1. The van der Waals surface area contributed by atoms with E-state index in [4.69, 9.17) is 9.47 Å². The molecule has 0 radical (unpaired) electrons. The van der Waals surface area contributed by atoms with Crippen LogP contribution >= 0.6 is 0 Å². The molecule has 0 aliphatic carbocycles. The van der Waals surface area contributed by atoms with Crippen LogP contribution in [0.25, 0.3) is 16.3 Å². The molecule has 4 aromatic rings. The Labute approximate surface area is 172 Å². The molecular weight excluding hydrogens is 391 g/mol. The number of rotatable bonds is 6. The predicted molar refractivity (Wildman–Crippen MR) is 109 cm³/mol. The van der Waals surface area contributed by atoms with Crippen LogP contribution in [0.3, 0.4) is 0 Å². The minimum Gasteiger partial charge on any atom is -0.489 e. The fraction of sp³-hybridized carbons (Fsp3) is 0.208. The topological polar surface area (TPSA) is 22.6 Å². The molecule has 30 heavy (non-hydrogen) atoms. The van der Waals surface area contributed by atoms with E-state index < -0.39 is 11.9 Å². The number of hydrogen-bond acceptors (Lipinski definition) is 2. The number of ether oxygens (including phenoxy) is 2. The second-order valence-electron chi connectivity index (χ2n) is 7.02. The molecule has 0 N–H and O–H groups in total. The van der Waals surface area contributed by atoms with Crippen LogP contribution in [0.5, 0.6) is 11.5 Å². The maximum Gasteiger partial charge on any atom is 0.477 e. The highest BCUT2D eigenvalue weighted by atomic mass is 19.4. The minimum absolute atomic E-state index is 0.367. The minimum atomic E-state index is -4.47.